The van der Waals surface area contributed by atoms with Crippen LogP contribution in [0.3, 0.4) is 0 Å². The van der Waals surface area contributed by atoms with Crippen LogP contribution in [-0.2, 0) is 18.4 Å². The number of amides is 1. The number of aromatic nitrogens is 2. The van der Waals surface area contributed by atoms with E-state index in [-0.39, 0.29) is 18.1 Å². The molecular weight excluding hydrogens is 304 g/mol. The van der Waals surface area contributed by atoms with Crippen molar-refractivity contribution in [3.8, 4) is 0 Å². The van der Waals surface area contributed by atoms with Crippen LogP contribution in [-0.4, -0.2) is 45.1 Å². The molecule has 6 heteroatoms. The monoisotopic (exact) mass is 332 g/mol. The number of aryl methyl sites for hydroxylation is 1. The van der Waals surface area contributed by atoms with Crippen molar-refractivity contribution in [2.45, 2.75) is 46.3 Å². The molecule has 0 unspecified atom stereocenters. The van der Waals surface area contributed by atoms with Crippen molar-refractivity contribution in [2.75, 3.05) is 13.1 Å². The molecule has 0 saturated heterocycles. The van der Waals surface area contributed by atoms with Crippen LogP contribution >= 0.6 is 0 Å². The van der Waals surface area contributed by atoms with Gasteiger partial charge >= 0.3 is 5.69 Å². The number of para-hydroxylation sites is 2. The van der Waals surface area contributed by atoms with Gasteiger partial charge in [0.2, 0.25) is 5.91 Å². The Kier molecular flexibility index (Phi) is 5.83. The quantitative estimate of drug-likeness (QED) is 0.837. The highest BCUT2D eigenvalue weighted by atomic mass is 16.2. The van der Waals surface area contributed by atoms with Crippen molar-refractivity contribution >= 4 is 16.9 Å². The number of benzene rings is 1. The Morgan fingerprint density at radius 3 is 2.29 bits per heavy atom. The molecule has 24 heavy (non-hydrogen) atoms. The summed E-state index contributed by atoms with van der Waals surface area (Å²) >= 11 is 0. The summed E-state index contributed by atoms with van der Waals surface area (Å²) in [6.45, 7) is 10.0. The number of fused-ring (bicyclic) bond motifs is 1. The third-order valence-corrected chi connectivity index (χ3v) is 4.37. The van der Waals surface area contributed by atoms with Gasteiger partial charge in [0.05, 0.1) is 11.0 Å². The van der Waals surface area contributed by atoms with Gasteiger partial charge in [-0.1, -0.05) is 12.1 Å². The van der Waals surface area contributed by atoms with E-state index < -0.39 is 0 Å². The van der Waals surface area contributed by atoms with E-state index in [1.807, 2.05) is 24.3 Å². The number of hydrogen-bond donors (Lipinski definition) is 1. The summed E-state index contributed by atoms with van der Waals surface area (Å²) in [6, 6.07) is 8.38. The lowest BCUT2D eigenvalue weighted by Crippen LogP contribution is -2.43. The van der Waals surface area contributed by atoms with Crippen LogP contribution in [0, 0.1) is 0 Å². The fourth-order valence-electron chi connectivity index (χ4n) is 3.15. The van der Waals surface area contributed by atoms with Gasteiger partial charge in [0.25, 0.3) is 0 Å². The first-order valence-electron chi connectivity index (χ1n) is 8.49. The van der Waals surface area contributed by atoms with Crippen LogP contribution in [0.2, 0.25) is 0 Å². The summed E-state index contributed by atoms with van der Waals surface area (Å²) in [7, 11) is 1.72. The third kappa shape index (κ3) is 3.87. The highest BCUT2D eigenvalue weighted by Gasteiger charge is 2.15. The number of nitrogens with zero attached hydrogens (tertiary/aromatic N) is 3. The average Bonchev–Trinajstić information content (AvgIpc) is 2.76. The Morgan fingerprint density at radius 1 is 1.12 bits per heavy atom. The number of hydrogen-bond acceptors (Lipinski definition) is 3. The topological polar surface area (TPSA) is 59.3 Å². The molecule has 0 aliphatic carbocycles. The van der Waals surface area contributed by atoms with E-state index in [0.717, 1.165) is 17.6 Å². The van der Waals surface area contributed by atoms with Gasteiger partial charge in [-0.3, -0.25) is 18.8 Å². The van der Waals surface area contributed by atoms with Crippen molar-refractivity contribution in [1.82, 2.24) is 19.4 Å². The first kappa shape index (κ1) is 18.3. The van der Waals surface area contributed by atoms with Gasteiger partial charge in [-0.05, 0) is 39.8 Å². The normalized spacial score (nSPS) is 11.8. The molecule has 2 rings (SSSR count). The predicted octanol–water partition coefficient (Wildman–Crippen LogP) is 1.58. The molecule has 1 heterocycles. The number of imidazole rings is 1. The lowest BCUT2D eigenvalue weighted by atomic mass is 10.2. The SMILES string of the molecule is CC(C)N(CCNC(=O)Cn1c(=O)n(C)c2ccccc21)C(C)C. The van der Waals surface area contributed by atoms with Gasteiger partial charge in [0.1, 0.15) is 6.54 Å². The van der Waals surface area contributed by atoms with Crippen LogP contribution in [0.1, 0.15) is 27.7 Å². The van der Waals surface area contributed by atoms with Crippen molar-refractivity contribution in [2.24, 2.45) is 7.05 Å². The first-order valence-corrected chi connectivity index (χ1v) is 8.49. The summed E-state index contributed by atoms with van der Waals surface area (Å²) in [5.74, 6) is -0.138. The second kappa shape index (κ2) is 7.66. The number of rotatable bonds is 7. The van der Waals surface area contributed by atoms with Crippen molar-refractivity contribution in [3.63, 3.8) is 0 Å². The lowest BCUT2D eigenvalue weighted by molar-refractivity contribution is -0.121. The Bertz CT molecular complexity index is 750. The standard InChI is InChI=1S/C18H28N4O2/c1-13(2)21(14(3)4)11-10-19-17(23)12-22-16-9-7-6-8-15(16)20(5)18(22)24/h6-9,13-14H,10-12H2,1-5H3,(H,19,23). The summed E-state index contributed by atoms with van der Waals surface area (Å²) in [5, 5.41) is 2.92. The van der Waals surface area contributed by atoms with Crippen molar-refractivity contribution < 1.29 is 4.79 Å². The predicted molar refractivity (Wildman–Crippen MR) is 97.2 cm³/mol. The zero-order valence-corrected chi connectivity index (χ0v) is 15.2. The molecule has 132 valence electrons. The molecule has 0 aliphatic heterocycles. The molecular formula is C18H28N4O2. The minimum Gasteiger partial charge on any atom is -0.353 e. The van der Waals surface area contributed by atoms with Gasteiger partial charge < -0.3 is 5.32 Å². The molecule has 2 aromatic rings. The molecule has 1 N–H and O–H groups in total. The maximum atomic E-state index is 12.3. The highest BCUT2D eigenvalue weighted by molar-refractivity contribution is 5.80. The van der Waals surface area contributed by atoms with Crippen molar-refractivity contribution in [1.29, 1.82) is 0 Å². The maximum absolute atomic E-state index is 12.3. The Morgan fingerprint density at radius 2 is 1.71 bits per heavy atom. The number of nitrogens with one attached hydrogen (secondary N) is 1. The molecule has 0 aliphatic rings. The molecule has 0 radical (unpaired) electrons. The Labute approximate surface area is 143 Å². The minimum atomic E-state index is -0.169. The molecule has 0 fully saturated rings. The highest BCUT2D eigenvalue weighted by Crippen LogP contribution is 2.11. The van der Waals surface area contributed by atoms with Crippen LogP contribution < -0.4 is 11.0 Å². The average molecular weight is 332 g/mol. The van der Waals surface area contributed by atoms with Gasteiger partial charge in [0, 0.05) is 32.2 Å². The summed E-state index contributed by atoms with van der Waals surface area (Å²) in [4.78, 5) is 26.9. The fourth-order valence-corrected chi connectivity index (χ4v) is 3.15. The Balaban J connectivity index is 2.01. The van der Waals surface area contributed by atoms with Gasteiger partial charge in [0.15, 0.2) is 0 Å². The fraction of sp³-hybridized carbons (Fsp3) is 0.556. The zero-order chi connectivity index (χ0) is 17.9. The van der Waals surface area contributed by atoms with E-state index in [4.69, 9.17) is 0 Å². The van der Waals surface area contributed by atoms with E-state index in [1.165, 1.54) is 4.57 Å². The third-order valence-electron chi connectivity index (χ3n) is 4.37. The summed E-state index contributed by atoms with van der Waals surface area (Å²) in [5.41, 5.74) is 1.45. The molecule has 0 bridgehead atoms. The van der Waals surface area contributed by atoms with Gasteiger partial charge in [-0.25, -0.2) is 4.79 Å². The molecule has 0 spiro atoms. The maximum Gasteiger partial charge on any atom is 0.329 e. The molecule has 1 aromatic carbocycles. The largest absolute Gasteiger partial charge is 0.353 e. The second-order valence-corrected chi connectivity index (χ2v) is 6.69. The van der Waals surface area contributed by atoms with E-state index in [2.05, 4.69) is 37.9 Å². The van der Waals surface area contributed by atoms with E-state index in [9.17, 15) is 9.59 Å². The van der Waals surface area contributed by atoms with Gasteiger partial charge in [-0.2, -0.15) is 0 Å². The molecule has 0 atom stereocenters. The molecule has 1 aromatic heterocycles. The molecule has 6 nitrogen and oxygen atoms in total. The summed E-state index contributed by atoms with van der Waals surface area (Å²) in [6.07, 6.45) is 0. The van der Waals surface area contributed by atoms with E-state index in [1.54, 1.807) is 11.6 Å². The lowest BCUT2D eigenvalue weighted by Gasteiger charge is -2.30. The van der Waals surface area contributed by atoms with Gasteiger partial charge in [-0.15, -0.1) is 0 Å². The van der Waals surface area contributed by atoms with Crippen LogP contribution in [0.15, 0.2) is 29.1 Å². The minimum absolute atomic E-state index is 0.0452. The second-order valence-electron chi connectivity index (χ2n) is 6.69. The molecule has 0 saturated carbocycles. The number of carbonyl (C=O) groups is 1. The van der Waals surface area contributed by atoms with Crippen molar-refractivity contribution in [3.05, 3.63) is 34.7 Å². The zero-order valence-electron chi connectivity index (χ0n) is 15.2. The van der Waals surface area contributed by atoms with Crippen LogP contribution in [0.5, 0.6) is 0 Å². The summed E-state index contributed by atoms with van der Waals surface area (Å²) < 4.78 is 3.09. The van der Waals surface area contributed by atoms with E-state index >= 15 is 0 Å². The number of carbonyl (C=O) groups excluding carboxylic acids is 1. The molecule has 1 amide bonds. The Hall–Kier alpha value is -2.08. The smallest absolute Gasteiger partial charge is 0.329 e. The van der Waals surface area contributed by atoms with Crippen LogP contribution in [0.4, 0.5) is 0 Å². The first-order chi connectivity index (χ1) is 11.3. The van der Waals surface area contributed by atoms with Crippen LogP contribution in [0.25, 0.3) is 11.0 Å². The van der Waals surface area contributed by atoms with E-state index in [0.29, 0.717) is 18.6 Å².